The molecule has 0 spiro atoms. The number of nitrogens with zero attached hydrogens (tertiary/aromatic N) is 1. The maximum Gasteiger partial charge on any atom is 0.308 e. The Morgan fingerprint density at radius 1 is 1.09 bits per heavy atom. The summed E-state index contributed by atoms with van der Waals surface area (Å²) >= 11 is 0. The van der Waals surface area contributed by atoms with Crippen molar-refractivity contribution in [1.82, 2.24) is 4.90 Å². The van der Waals surface area contributed by atoms with E-state index in [1.807, 2.05) is 0 Å². The largest absolute Gasteiger partial charge is 0.481 e. The van der Waals surface area contributed by atoms with Gasteiger partial charge in [0.15, 0.2) is 0 Å². The third-order valence-corrected chi connectivity index (χ3v) is 4.07. The lowest BCUT2D eigenvalue weighted by Crippen LogP contribution is -2.29. The fraction of sp³-hybridized carbons (Fsp3) is 0.438. The summed E-state index contributed by atoms with van der Waals surface area (Å²) in [5, 5.41) is 17.9. The molecule has 2 rings (SSSR count). The SMILES string of the molecule is O=C(O)CCCC(=O)N1CC(C(=O)O)C(c2ccc(F)cc2)C1. The molecule has 1 aliphatic rings. The normalized spacial score (nSPS) is 20.5. The fourth-order valence-electron chi connectivity index (χ4n) is 2.85. The average Bonchev–Trinajstić information content (AvgIpc) is 2.93. The minimum Gasteiger partial charge on any atom is -0.481 e. The van der Waals surface area contributed by atoms with Gasteiger partial charge in [-0.15, -0.1) is 0 Å². The Morgan fingerprint density at radius 2 is 1.74 bits per heavy atom. The second-order valence-electron chi connectivity index (χ2n) is 5.65. The number of halogens is 1. The Morgan fingerprint density at radius 3 is 2.30 bits per heavy atom. The Hall–Kier alpha value is -2.44. The number of amides is 1. The molecule has 0 aromatic heterocycles. The van der Waals surface area contributed by atoms with E-state index in [4.69, 9.17) is 5.11 Å². The van der Waals surface area contributed by atoms with Crippen molar-refractivity contribution in [2.24, 2.45) is 5.92 Å². The number of carboxylic acids is 2. The molecular formula is C16H18FNO5. The van der Waals surface area contributed by atoms with Gasteiger partial charge in [0.25, 0.3) is 0 Å². The lowest BCUT2D eigenvalue weighted by molar-refractivity contribution is -0.142. The van der Waals surface area contributed by atoms with E-state index in [9.17, 15) is 23.9 Å². The number of hydrogen-bond donors (Lipinski definition) is 2. The van der Waals surface area contributed by atoms with E-state index < -0.39 is 29.6 Å². The zero-order valence-electron chi connectivity index (χ0n) is 12.4. The number of aliphatic carboxylic acids is 2. The zero-order valence-corrected chi connectivity index (χ0v) is 12.4. The van der Waals surface area contributed by atoms with Crippen molar-refractivity contribution in [3.05, 3.63) is 35.6 Å². The predicted molar refractivity (Wildman–Crippen MR) is 78.3 cm³/mol. The van der Waals surface area contributed by atoms with Gasteiger partial charge < -0.3 is 15.1 Å². The summed E-state index contributed by atoms with van der Waals surface area (Å²) in [6.07, 6.45) is 0.210. The number of carboxylic acid groups (broad SMARTS) is 2. The van der Waals surface area contributed by atoms with E-state index in [0.29, 0.717) is 5.56 Å². The van der Waals surface area contributed by atoms with Gasteiger partial charge in [0.1, 0.15) is 5.82 Å². The van der Waals surface area contributed by atoms with Crippen LogP contribution in [0.25, 0.3) is 0 Å². The minimum absolute atomic E-state index is 0.0782. The Labute approximate surface area is 132 Å². The topological polar surface area (TPSA) is 94.9 Å². The quantitative estimate of drug-likeness (QED) is 0.831. The summed E-state index contributed by atoms with van der Waals surface area (Å²) in [6, 6.07) is 5.61. The Kier molecular flexibility index (Phi) is 5.31. The smallest absolute Gasteiger partial charge is 0.308 e. The van der Waals surface area contributed by atoms with E-state index in [1.54, 1.807) is 0 Å². The van der Waals surface area contributed by atoms with Gasteiger partial charge >= 0.3 is 11.9 Å². The first-order chi connectivity index (χ1) is 10.9. The van der Waals surface area contributed by atoms with Crippen molar-refractivity contribution in [2.75, 3.05) is 13.1 Å². The van der Waals surface area contributed by atoms with Crippen molar-refractivity contribution in [3.63, 3.8) is 0 Å². The van der Waals surface area contributed by atoms with Crippen molar-refractivity contribution >= 4 is 17.8 Å². The van der Waals surface area contributed by atoms with Gasteiger partial charge in [-0.25, -0.2) is 4.39 Å². The molecule has 23 heavy (non-hydrogen) atoms. The standard InChI is InChI=1S/C16H18FNO5/c17-11-6-4-10(5-7-11)12-8-18(9-13(12)16(22)23)14(19)2-1-3-15(20)21/h4-7,12-13H,1-3,8-9H2,(H,20,21)(H,22,23). The molecule has 1 aliphatic heterocycles. The van der Waals surface area contributed by atoms with E-state index in [-0.39, 0.29) is 38.3 Å². The van der Waals surface area contributed by atoms with Crippen molar-refractivity contribution in [2.45, 2.75) is 25.2 Å². The molecule has 7 heteroatoms. The van der Waals surface area contributed by atoms with Crippen LogP contribution in [0.1, 0.15) is 30.7 Å². The molecule has 0 aliphatic carbocycles. The molecule has 1 saturated heterocycles. The van der Waals surface area contributed by atoms with Crippen LogP contribution >= 0.6 is 0 Å². The summed E-state index contributed by atoms with van der Waals surface area (Å²) in [7, 11) is 0. The number of carbonyl (C=O) groups excluding carboxylic acids is 1. The summed E-state index contributed by atoms with van der Waals surface area (Å²) in [4.78, 5) is 35.5. The highest BCUT2D eigenvalue weighted by molar-refractivity contribution is 5.80. The van der Waals surface area contributed by atoms with Crippen molar-refractivity contribution in [1.29, 1.82) is 0 Å². The van der Waals surface area contributed by atoms with Crippen LogP contribution < -0.4 is 0 Å². The molecule has 124 valence electrons. The van der Waals surface area contributed by atoms with Crippen LogP contribution in [-0.4, -0.2) is 46.0 Å². The highest BCUT2D eigenvalue weighted by Gasteiger charge is 2.40. The average molecular weight is 323 g/mol. The molecule has 1 fully saturated rings. The van der Waals surface area contributed by atoms with Crippen LogP contribution in [0.3, 0.4) is 0 Å². The third-order valence-electron chi connectivity index (χ3n) is 4.07. The maximum absolute atomic E-state index is 13.0. The molecule has 0 bridgehead atoms. The summed E-state index contributed by atoms with van der Waals surface area (Å²) in [5.41, 5.74) is 0.680. The molecule has 2 unspecified atom stereocenters. The first kappa shape index (κ1) is 16.9. The van der Waals surface area contributed by atoms with Gasteiger partial charge in [-0.1, -0.05) is 12.1 Å². The van der Waals surface area contributed by atoms with Gasteiger partial charge in [-0.3, -0.25) is 14.4 Å². The molecular weight excluding hydrogens is 305 g/mol. The van der Waals surface area contributed by atoms with E-state index in [2.05, 4.69) is 0 Å². The van der Waals surface area contributed by atoms with Gasteiger partial charge in [-0.2, -0.15) is 0 Å². The van der Waals surface area contributed by atoms with Crippen LogP contribution in [0.4, 0.5) is 4.39 Å². The third kappa shape index (κ3) is 4.28. The molecule has 1 aromatic carbocycles. The van der Waals surface area contributed by atoms with Crippen molar-refractivity contribution < 1.29 is 29.0 Å². The molecule has 2 N–H and O–H groups in total. The fourth-order valence-corrected chi connectivity index (χ4v) is 2.85. The molecule has 0 radical (unpaired) electrons. The molecule has 6 nitrogen and oxygen atoms in total. The lowest BCUT2D eigenvalue weighted by atomic mass is 9.89. The first-order valence-corrected chi connectivity index (χ1v) is 7.36. The van der Waals surface area contributed by atoms with Crippen LogP contribution in [0.2, 0.25) is 0 Å². The number of hydrogen-bond acceptors (Lipinski definition) is 3. The molecule has 1 heterocycles. The second kappa shape index (κ2) is 7.21. The van der Waals surface area contributed by atoms with Crippen molar-refractivity contribution in [3.8, 4) is 0 Å². The van der Waals surface area contributed by atoms with E-state index in [1.165, 1.54) is 29.2 Å². The summed E-state index contributed by atoms with van der Waals surface area (Å²) in [6.45, 7) is 0.331. The number of benzene rings is 1. The molecule has 0 saturated carbocycles. The van der Waals surface area contributed by atoms with Crippen LogP contribution in [0.15, 0.2) is 24.3 Å². The monoisotopic (exact) mass is 323 g/mol. The summed E-state index contributed by atoms with van der Waals surface area (Å²) in [5.74, 6) is -3.75. The number of rotatable bonds is 6. The van der Waals surface area contributed by atoms with E-state index >= 15 is 0 Å². The maximum atomic E-state index is 13.0. The van der Waals surface area contributed by atoms with E-state index in [0.717, 1.165) is 0 Å². The summed E-state index contributed by atoms with van der Waals surface area (Å²) < 4.78 is 13.0. The van der Waals surface area contributed by atoms with Crippen LogP contribution in [-0.2, 0) is 14.4 Å². The highest BCUT2D eigenvalue weighted by atomic mass is 19.1. The van der Waals surface area contributed by atoms with Crippen LogP contribution in [0.5, 0.6) is 0 Å². The second-order valence-corrected chi connectivity index (χ2v) is 5.65. The highest BCUT2D eigenvalue weighted by Crippen LogP contribution is 2.33. The first-order valence-electron chi connectivity index (χ1n) is 7.36. The number of carbonyl (C=O) groups is 3. The van der Waals surface area contributed by atoms with Gasteiger partial charge in [0, 0.05) is 31.8 Å². The Balaban J connectivity index is 2.05. The van der Waals surface area contributed by atoms with Crippen LogP contribution in [0, 0.1) is 11.7 Å². The zero-order chi connectivity index (χ0) is 17.0. The van der Waals surface area contributed by atoms with Gasteiger partial charge in [0.2, 0.25) is 5.91 Å². The van der Waals surface area contributed by atoms with Gasteiger partial charge in [-0.05, 0) is 24.1 Å². The molecule has 2 atom stereocenters. The number of likely N-dealkylation sites (tertiary alicyclic amines) is 1. The minimum atomic E-state index is -1.000. The molecule has 1 amide bonds. The predicted octanol–water partition coefficient (Wildman–Crippen LogP) is 1.71. The molecule has 1 aromatic rings. The lowest BCUT2D eigenvalue weighted by Gasteiger charge is -2.16. The van der Waals surface area contributed by atoms with Gasteiger partial charge in [0.05, 0.1) is 5.92 Å². The Bertz CT molecular complexity index is 601.